The first-order valence-electron chi connectivity index (χ1n) is 7.92. The van der Waals surface area contributed by atoms with Crippen LogP contribution < -0.4 is 10.6 Å². The Morgan fingerprint density at radius 2 is 1.75 bits per heavy atom. The molecule has 0 aliphatic rings. The highest BCUT2D eigenvalue weighted by Gasteiger charge is 2.12. The van der Waals surface area contributed by atoms with Crippen molar-refractivity contribution >= 4 is 17.6 Å². The molecule has 0 aliphatic heterocycles. The zero-order valence-electron chi connectivity index (χ0n) is 14.0. The molecule has 0 spiro atoms. The largest absolute Gasteiger partial charge is 0.462 e. The third-order valence-corrected chi connectivity index (χ3v) is 3.47. The van der Waals surface area contributed by atoms with Crippen molar-refractivity contribution < 1.29 is 14.3 Å². The van der Waals surface area contributed by atoms with Crippen LogP contribution in [0.3, 0.4) is 0 Å². The lowest BCUT2D eigenvalue weighted by atomic mass is 10.1. The number of carbonyl (C=O) groups is 2. The molecule has 0 radical (unpaired) electrons. The van der Waals surface area contributed by atoms with Crippen molar-refractivity contribution in [3.05, 3.63) is 65.2 Å². The molecule has 1 amide bonds. The predicted molar refractivity (Wildman–Crippen MR) is 93.9 cm³/mol. The molecule has 0 heterocycles. The van der Waals surface area contributed by atoms with Crippen molar-refractivity contribution in [1.82, 2.24) is 5.32 Å². The molecule has 5 heteroatoms. The van der Waals surface area contributed by atoms with Gasteiger partial charge in [-0.1, -0.05) is 42.0 Å². The van der Waals surface area contributed by atoms with E-state index in [1.807, 2.05) is 31.2 Å². The third kappa shape index (κ3) is 5.12. The fourth-order valence-electron chi connectivity index (χ4n) is 2.17. The Morgan fingerprint density at radius 3 is 2.46 bits per heavy atom. The number of nitrogens with one attached hydrogen (secondary N) is 2. The quantitative estimate of drug-likeness (QED) is 0.768. The molecule has 2 aromatic carbocycles. The Balaban J connectivity index is 1.87. The Hall–Kier alpha value is -2.82. The van der Waals surface area contributed by atoms with Crippen LogP contribution in [0.1, 0.15) is 28.4 Å². The summed E-state index contributed by atoms with van der Waals surface area (Å²) in [6, 6.07) is 15.0. The average Bonchev–Trinajstić information content (AvgIpc) is 2.60. The second kappa shape index (κ2) is 8.72. The summed E-state index contributed by atoms with van der Waals surface area (Å²) >= 11 is 0. The number of benzene rings is 2. The van der Waals surface area contributed by atoms with Crippen LogP contribution in [0, 0.1) is 6.92 Å². The number of hydrogen-bond acceptors (Lipinski definition) is 4. The minimum absolute atomic E-state index is 0.0856. The van der Waals surface area contributed by atoms with Gasteiger partial charge in [-0.05, 0) is 31.5 Å². The van der Waals surface area contributed by atoms with Crippen LogP contribution in [0.15, 0.2) is 48.5 Å². The van der Waals surface area contributed by atoms with E-state index in [1.165, 1.54) is 5.56 Å². The summed E-state index contributed by atoms with van der Waals surface area (Å²) in [5.41, 5.74) is 3.23. The lowest BCUT2D eigenvalue weighted by Gasteiger charge is -2.11. The van der Waals surface area contributed by atoms with Crippen molar-refractivity contribution in [2.24, 2.45) is 0 Å². The van der Waals surface area contributed by atoms with Crippen molar-refractivity contribution in [2.45, 2.75) is 20.4 Å². The monoisotopic (exact) mass is 326 g/mol. The van der Waals surface area contributed by atoms with Gasteiger partial charge in [0, 0.05) is 12.2 Å². The zero-order valence-corrected chi connectivity index (χ0v) is 14.0. The lowest BCUT2D eigenvalue weighted by Crippen LogP contribution is -2.29. The maximum Gasteiger partial charge on any atom is 0.340 e. The number of hydrogen-bond donors (Lipinski definition) is 2. The Bertz CT molecular complexity index is 696. The Kier molecular flexibility index (Phi) is 6.37. The molecule has 2 aromatic rings. The number of ether oxygens (including phenoxy) is 1. The van der Waals surface area contributed by atoms with E-state index in [4.69, 9.17) is 4.74 Å². The van der Waals surface area contributed by atoms with E-state index in [9.17, 15) is 9.59 Å². The standard InChI is InChI=1S/C19H22N2O3/c1-3-24-19(23)16-6-4-5-7-17(16)20-13-18(22)21-12-15-10-8-14(2)9-11-15/h4-11,20H,3,12-13H2,1-2H3,(H,21,22). The predicted octanol–water partition coefficient (Wildman–Crippen LogP) is 2.90. The van der Waals surface area contributed by atoms with Gasteiger partial charge in [0.15, 0.2) is 0 Å². The van der Waals surface area contributed by atoms with Crippen molar-refractivity contribution in [3.63, 3.8) is 0 Å². The molecule has 24 heavy (non-hydrogen) atoms. The molecular formula is C19H22N2O3. The number of anilines is 1. The third-order valence-electron chi connectivity index (χ3n) is 3.47. The molecule has 126 valence electrons. The fraction of sp³-hybridized carbons (Fsp3) is 0.263. The van der Waals surface area contributed by atoms with Crippen molar-refractivity contribution in [3.8, 4) is 0 Å². The smallest absolute Gasteiger partial charge is 0.340 e. The van der Waals surface area contributed by atoms with E-state index >= 15 is 0 Å². The highest BCUT2D eigenvalue weighted by molar-refractivity contribution is 5.96. The first-order valence-corrected chi connectivity index (χ1v) is 7.92. The van der Waals surface area contributed by atoms with E-state index in [1.54, 1.807) is 31.2 Å². The summed E-state index contributed by atoms with van der Waals surface area (Å²) in [6.07, 6.45) is 0. The summed E-state index contributed by atoms with van der Waals surface area (Å²) in [4.78, 5) is 23.9. The molecule has 2 N–H and O–H groups in total. The molecule has 5 nitrogen and oxygen atoms in total. The summed E-state index contributed by atoms with van der Waals surface area (Å²) < 4.78 is 5.01. The van der Waals surface area contributed by atoms with Crippen LogP contribution in [0.25, 0.3) is 0 Å². The highest BCUT2D eigenvalue weighted by Crippen LogP contribution is 2.15. The van der Waals surface area contributed by atoms with Gasteiger partial charge in [-0.15, -0.1) is 0 Å². The molecule has 0 saturated carbocycles. The van der Waals surface area contributed by atoms with E-state index < -0.39 is 5.97 Å². The van der Waals surface area contributed by atoms with Crippen LogP contribution in [0.2, 0.25) is 0 Å². The molecule has 0 fully saturated rings. The number of para-hydroxylation sites is 1. The molecular weight excluding hydrogens is 304 g/mol. The average molecular weight is 326 g/mol. The fourth-order valence-corrected chi connectivity index (χ4v) is 2.17. The van der Waals surface area contributed by atoms with Crippen LogP contribution >= 0.6 is 0 Å². The van der Waals surface area contributed by atoms with Crippen LogP contribution in [0.5, 0.6) is 0 Å². The first-order chi connectivity index (χ1) is 11.6. The Labute approximate surface area is 142 Å². The second-order valence-corrected chi connectivity index (χ2v) is 5.38. The van der Waals surface area contributed by atoms with E-state index in [0.29, 0.717) is 24.4 Å². The molecule has 0 saturated heterocycles. The molecule has 0 unspecified atom stereocenters. The number of esters is 1. The molecule has 0 aromatic heterocycles. The van der Waals surface area contributed by atoms with Gasteiger partial charge in [0.1, 0.15) is 0 Å². The normalized spacial score (nSPS) is 10.1. The van der Waals surface area contributed by atoms with Gasteiger partial charge in [-0.3, -0.25) is 4.79 Å². The SMILES string of the molecule is CCOC(=O)c1ccccc1NCC(=O)NCc1ccc(C)cc1. The molecule has 2 rings (SSSR count). The molecule has 0 aliphatic carbocycles. The molecule has 0 bridgehead atoms. The van der Waals surface area contributed by atoms with Crippen molar-refractivity contribution in [1.29, 1.82) is 0 Å². The summed E-state index contributed by atoms with van der Waals surface area (Å²) in [6.45, 7) is 4.65. The summed E-state index contributed by atoms with van der Waals surface area (Å²) in [7, 11) is 0. The summed E-state index contributed by atoms with van der Waals surface area (Å²) in [5.74, 6) is -0.546. The number of carbonyl (C=O) groups excluding carboxylic acids is 2. The van der Waals surface area contributed by atoms with Gasteiger partial charge in [0.25, 0.3) is 0 Å². The maximum atomic E-state index is 12.0. The second-order valence-electron chi connectivity index (χ2n) is 5.38. The van der Waals surface area contributed by atoms with Gasteiger partial charge < -0.3 is 15.4 Å². The minimum Gasteiger partial charge on any atom is -0.462 e. The maximum absolute atomic E-state index is 12.0. The minimum atomic E-state index is -0.402. The van der Waals surface area contributed by atoms with Crippen LogP contribution in [-0.4, -0.2) is 25.0 Å². The number of aryl methyl sites for hydroxylation is 1. The highest BCUT2D eigenvalue weighted by atomic mass is 16.5. The lowest BCUT2D eigenvalue weighted by molar-refractivity contribution is -0.119. The Morgan fingerprint density at radius 1 is 1.04 bits per heavy atom. The molecule has 0 atom stereocenters. The van der Waals surface area contributed by atoms with E-state index in [2.05, 4.69) is 10.6 Å². The zero-order chi connectivity index (χ0) is 17.4. The van der Waals surface area contributed by atoms with E-state index in [0.717, 1.165) is 5.56 Å². The summed E-state index contributed by atoms with van der Waals surface area (Å²) in [5, 5.41) is 5.83. The van der Waals surface area contributed by atoms with Gasteiger partial charge in [0.05, 0.1) is 18.7 Å². The van der Waals surface area contributed by atoms with Crippen LogP contribution in [0.4, 0.5) is 5.69 Å². The van der Waals surface area contributed by atoms with Crippen LogP contribution in [-0.2, 0) is 16.1 Å². The van der Waals surface area contributed by atoms with Gasteiger partial charge >= 0.3 is 5.97 Å². The van der Waals surface area contributed by atoms with Gasteiger partial charge in [0.2, 0.25) is 5.91 Å². The number of rotatable bonds is 7. The van der Waals surface area contributed by atoms with Gasteiger partial charge in [-0.2, -0.15) is 0 Å². The van der Waals surface area contributed by atoms with Crippen molar-refractivity contribution in [2.75, 3.05) is 18.5 Å². The first kappa shape index (κ1) is 17.5. The number of amides is 1. The van der Waals surface area contributed by atoms with E-state index in [-0.39, 0.29) is 12.5 Å². The topological polar surface area (TPSA) is 67.4 Å². The van der Waals surface area contributed by atoms with Gasteiger partial charge in [-0.25, -0.2) is 4.79 Å².